The van der Waals surface area contributed by atoms with Crippen molar-refractivity contribution < 1.29 is 47.6 Å². The molecule has 7 heteroatoms. The number of amides is 2. The lowest BCUT2D eigenvalue weighted by Crippen LogP contribution is -3.00. The minimum Gasteiger partial charge on any atom is -1.00 e. The van der Waals surface area contributed by atoms with Crippen molar-refractivity contribution in [2.24, 2.45) is 0 Å². The quantitative estimate of drug-likeness (QED) is 0.154. The van der Waals surface area contributed by atoms with Gasteiger partial charge in [-0.2, -0.15) is 0 Å². The summed E-state index contributed by atoms with van der Waals surface area (Å²) in [5, 5.41) is 0. The van der Waals surface area contributed by atoms with Crippen molar-refractivity contribution in [3.63, 3.8) is 0 Å². The molecule has 0 aliphatic heterocycles. The van der Waals surface area contributed by atoms with Crippen LogP contribution >= 0.6 is 0 Å². The van der Waals surface area contributed by atoms with Gasteiger partial charge in [0, 0.05) is 24.6 Å². The van der Waals surface area contributed by atoms with Gasteiger partial charge in [-0.25, -0.2) is 4.57 Å². The highest BCUT2D eigenvalue weighted by atomic mass is 127. The second-order valence-electron chi connectivity index (χ2n) is 9.28. The second-order valence-corrected chi connectivity index (χ2v) is 9.28. The smallest absolute Gasteiger partial charge is 0.261 e. The number of ether oxygens (including phenoxy) is 2. The van der Waals surface area contributed by atoms with Crippen LogP contribution in [0.5, 0.6) is 11.5 Å². The summed E-state index contributed by atoms with van der Waals surface area (Å²) in [6, 6.07) is 10.9. The Labute approximate surface area is 240 Å². The zero-order valence-corrected chi connectivity index (χ0v) is 25.3. The summed E-state index contributed by atoms with van der Waals surface area (Å²) < 4.78 is 13.5. The first kappa shape index (κ1) is 32.9. The van der Waals surface area contributed by atoms with Crippen molar-refractivity contribution in [1.29, 1.82) is 0 Å². The van der Waals surface area contributed by atoms with Crippen LogP contribution in [0.2, 0.25) is 0 Å². The van der Waals surface area contributed by atoms with E-state index in [4.69, 9.17) is 9.47 Å². The second kappa shape index (κ2) is 19.0. The van der Waals surface area contributed by atoms with E-state index in [2.05, 4.69) is 6.92 Å². The van der Waals surface area contributed by atoms with Crippen molar-refractivity contribution in [2.45, 2.75) is 98.1 Å². The Morgan fingerprint density at radius 1 is 0.865 bits per heavy atom. The fourth-order valence-electron chi connectivity index (χ4n) is 4.30. The lowest BCUT2D eigenvalue weighted by Gasteiger charge is -2.19. The summed E-state index contributed by atoms with van der Waals surface area (Å²) in [6.07, 6.45) is 14.7. The third kappa shape index (κ3) is 11.4. The third-order valence-corrected chi connectivity index (χ3v) is 6.49. The first-order valence-electron chi connectivity index (χ1n) is 13.6. The molecule has 0 N–H and O–H groups in total. The topological polar surface area (TPSA) is 59.7 Å². The van der Waals surface area contributed by atoms with Crippen molar-refractivity contribution in [3.8, 4) is 11.5 Å². The molecule has 0 aliphatic carbocycles. The number of halogens is 1. The maximum atomic E-state index is 13.2. The standard InChI is InChI=1S/C30H45N2O4.HI/c1-5-7-8-9-10-11-12-13-14-17-22-36-28-20-19-26(23-29(28)35-4)30(34)32(25(3)33)24-27-18-15-16-21-31(27)6-2;/h15-16,18-21,23H,5-14,17,22,24H2,1-4H3;1H/q+1;/p-1. The van der Waals surface area contributed by atoms with E-state index >= 15 is 0 Å². The first-order chi connectivity index (χ1) is 17.5. The molecule has 0 unspecified atom stereocenters. The fourth-order valence-corrected chi connectivity index (χ4v) is 4.30. The van der Waals surface area contributed by atoms with E-state index in [0.717, 1.165) is 25.1 Å². The minimum absolute atomic E-state index is 0. The van der Waals surface area contributed by atoms with Gasteiger partial charge in [-0.3, -0.25) is 14.5 Å². The number of hydrogen-bond acceptors (Lipinski definition) is 4. The van der Waals surface area contributed by atoms with Gasteiger partial charge in [0.2, 0.25) is 11.6 Å². The maximum absolute atomic E-state index is 13.2. The van der Waals surface area contributed by atoms with Gasteiger partial charge < -0.3 is 33.5 Å². The Kier molecular flexibility index (Phi) is 16.9. The number of rotatable bonds is 17. The zero-order chi connectivity index (χ0) is 26.2. The number of carbonyl (C=O) groups is 2. The summed E-state index contributed by atoms with van der Waals surface area (Å²) in [6.45, 7) is 7.28. The van der Waals surface area contributed by atoms with Gasteiger partial charge in [0.1, 0.15) is 13.1 Å². The van der Waals surface area contributed by atoms with E-state index in [1.165, 1.54) is 63.2 Å². The molecule has 0 saturated heterocycles. The number of methoxy groups -OCH3 is 1. The highest BCUT2D eigenvalue weighted by molar-refractivity contribution is 6.04. The fraction of sp³-hybridized carbons (Fsp3) is 0.567. The summed E-state index contributed by atoms with van der Waals surface area (Å²) in [7, 11) is 1.56. The van der Waals surface area contributed by atoms with Crippen LogP contribution in [0.25, 0.3) is 0 Å². The van der Waals surface area contributed by atoms with Gasteiger partial charge in [0.05, 0.1) is 13.7 Å². The van der Waals surface area contributed by atoms with Crippen LogP contribution in [-0.4, -0.2) is 30.4 Å². The summed E-state index contributed by atoms with van der Waals surface area (Å²) in [5.74, 6) is 0.464. The number of aromatic nitrogens is 1. The highest BCUT2D eigenvalue weighted by Crippen LogP contribution is 2.29. The van der Waals surface area contributed by atoms with Gasteiger partial charge in [0.15, 0.2) is 17.7 Å². The lowest BCUT2D eigenvalue weighted by molar-refractivity contribution is -0.701. The molecule has 6 nitrogen and oxygen atoms in total. The number of imide groups is 1. The van der Waals surface area contributed by atoms with Crippen LogP contribution in [-0.2, 0) is 17.9 Å². The molecule has 2 amide bonds. The monoisotopic (exact) mass is 624 g/mol. The van der Waals surface area contributed by atoms with Crippen LogP contribution in [0.15, 0.2) is 42.6 Å². The van der Waals surface area contributed by atoms with E-state index < -0.39 is 0 Å². The molecule has 0 spiro atoms. The third-order valence-electron chi connectivity index (χ3n) is 6.49. The maximum Gasteiger partial charge on any atom is 0.261 e. The van der Waals surface area contributed by atoms with Crippen molar-refractivity contribution in [1.82, 2.24) is 4.90 Å². The Hall–Kier alpha value is -2.16. The molecular weight excluding hydrogens is 579 g/mol. The van der Waals surface area contributed by atoms with Gasteiger partial charge in [-0.15, -0.1) is 0 Å². The van der Waals surface area contributed by atoms with Crippen LogP contribution in [0, 0.1) is 0 Å². The van der Waals surface area contributed by atoms with Gasteiger partial charge in [0.25, 0.3) is 5.91 Å². The molecule has 0 saturated carbocycles. The van der Waals surface area contributed by atoms with Crippen molar-refractivity contribution in [3.05, 3.63) is 53.9 Å². The van der Waals surface area contributed by atoms with Gasteiger partial charge in [-0.05, 0) is 31.5 Å². The Bertz CT molecular complexity index is 951. The Balaban J connectivity index is 0.00000684. The van der Waals surface area contributed by atoms with Crippen LogP contribution in [0.3, 0.4) is 0 Å². The normalized spacial score (nSPS) is 10.5. The molecular formula is C30H45IN2O4. The molecule has 1 aromatic carbocycles. The summed E-state index contributed by atoms with van der Waals surface area (Å²) in [4.78, 5) is 26.8. The van der Waals surface area contributed by atoms with Crippen molar-refractivity contribution in [2.75, 3.05) is 13.7 Å². The van der Waals surface area contributed by atoms with E-state index in [0.29, 0.717) is 23.7 Å². The number of unbranched alkanes of at least 4 members (excludes halogenated alkanes) is 9. The lowest BCUT2D eigenvalue weighted by atomic mass is 10.1. The molecule has 0 radical (unpaired) electrons. The van der Waals surface area contributed by atoms with E-state index in [-0.39, 0.29) is 42.3 Å². The molecule has 2 rings (SSSR count). The summed E-state index contributed by atoms with van der Waals surface area (Å²) >= 11 is 0. The zero-order valence-electron chi connectivity index (χ0n) is 23.1. The predicted octanol–water partition coefficient (Wildman–Crippen LogP) is 3.50. The molecule has 1 heterocycles. The molecule has 37 heavy (non-hydrogen) atoms. The summed E-state index contributed by atoms with van der Waals surface area (Å²) in [5.41, 5.74) is 1.29. The number of carbonyl (C=O) groups excluding carboxylic acids is 2. The van der Waals surface area contributed by atoms with Crippen LogP contribution in [0.1, 0.15) is 101 Å². The average Bonchev–Trinajstić information content (AvgIpc) is 2.90. The van der Waals surface area contributed by atoms with Crippen LogP contribution < -0.4 is 38.0 Å². The Morgan fingerprint density at radius 2 is 1.51 bits per heavy atom. The van der Waals surface area contributed by atoms with Crippen LogP contribution in [0.4, 0.5) is 0 Å². The number of nitrogens with zero attached hydrogens (tertiary/aromatic N) is 2. The molecule has 0 aliphatic rings. The van der Waals surface area contributed by atoms with E-state index in [1.807, 2.05) is 35.9 Å². The number of pyridine rings is 1. The molecule has 0 bridgehead atoms. The predicted molar refractivity (Wildman–Crippen MR) is 143 cm³/mol. The average molecular weight is 625 g/mol. The number of benzene rings is 1. The van der Waals surface area contributed by atoms with E-state index in [9.17, 15) is 9.59 Å². The van der Waals surface area contributed by atoms with E-state index in [1.54, 1.807) is 25.3 Å². The largest absolute Gasteiger partial charge is 1.00 e. The molecule has 2 aromatic rings. The number of aryl methyl sites for hydroxylation is 1. The SMILES string of the molecule is CCCCCCCCCCCCOc1ccc(C(=O)N(Cc2cccc[n+]2CC)C(C)=O)cc1OC.[I-]. The first-order valence-corrected chi connectivity index (χ1v) is 13.6. The van der Waals surface area contributed by atoms with Crippen molar-refractivity contribution >= 4 is 11.8 Å². The minimum atomic E-state index is -0.353. The molecule has 0 fully saturated rings. The van der Waals surface area contributed by atoms with Gasteiger partial charge >= 0.3 is 0 Å². The molecule has 206 valence electrons. The highest BCUT2D eigenvalue weighted by Gasteiger charge is 2.24. The van der Waals surface area contributed by atoms with Gasteiger partial charge in [-0.1, -0.05) is 70.8 Å². The Morgan fingerprint density at radius 3 is 2.11 bits per heavy atom. The molecule has 0 atom stereocenters. The number of hydrogen-bond donors (Lipinski definition) is 0. The molecule has 1 aromatic heterocycles.